The predicted molar refractivity (Wildman–Crippen MR) is 80.2 cm³/mol. The van der Waals surface area contributed by atoms with Gasteiger partial charge in [-0.05, 0) is 41.7 Å². The van der Waals surface area contributed by atoms with Gasteiger partial charge in [0.1, 0.15) is 0 Å². The molecule has 1 saturated carbocycles. The molecule has 1 aromatic rings. The van der Waals surface area contributed by atoms with E-state index in [9.17, 15) is 0 Å². The summed E-state index contributed by atoms with van der Waals surface area (Å²) in [6.07, 6.45) is 5.74. The number of benzene rings is 1. The van der Waals surface area contributed by atoms with Gasteiger partial charge in [-0.2, -0.15) is 0 Å². The normalized spacial score (nSPS) is 31.6. The van der Waals surface area contributed by atoms with Gasteiger partial charge in [0.05, 0.1) is 0 Å². The molecule has 3 rings (SSSR count). The van der Waals surface area contributed by atoms with Crippen LogP contribution < -0.4 is 0 Å². The summed E-state index contributed by atoms with van der Waals surface area (Å²) in [4.78, 5) is 1.56. The third-order valence-corrected chi connectivity index (χ3v) is 6.16. The van der Waals surface area contributed by atoms with E-state index in [2.05, 4.69) is 56.8 Å². The fourth-order valence-electron chi connectivity index (χ4n) is 4.00. The first-order chi connectivity index (χ1) is 8.57. The molecule has 0 aromatic heterocycles. The Morgan fingerprint density at radius 2 is 1.78 bits per heavy atom. The van der Waals surface area contributed by atoms with Crippen LogP contribution >= 0.6 is 11.8 Å². The van der Waals surface area contributed by atoms with Crippen molar-refractivity contribution in [1.29, 1.82) is 0 Å². The maximum Gasteiger partial charge on any atom is 0.0129 e. The third-order valence-electron chi connectivity index (χ3n) is 4.65. The summed E-state index contributed by atoms with van der Waals surface area (Å²) >= 11 is 2.16. The summed E-state index contributed by atoms with van der Waals surface area (Å²) in [6, 6.07) is 9.14. The van der Waals surface area contributed by atoms with Crippen LogP contribution in [0.5, 0.6) is 0 Å². The molecule has 98 valence electrons. The zero-order valence-electron chi connectivity index (χ0n) is 11.8. The quantitative estimate of drug-likeness (QED) is 0.595. The molecular formula is C17H24S. The molecule has 0 saturated heterocycles. The van der Waals surface area contributed by atoms with Gasteiger partial charge in [-0.1, -0.05) is 51.8 Å². The second-order valence-electron chi connectivity index (χ2n) is 6.99. The van der Waals surface area contributed by atoms with Crippen LogP contribution in [-0.2, 0) is 0 Å². The largest absolute Gasteiger partial charge is 0.122 e. The summed E-state index contributed by atoms with van der Waals surface area (Å²) in [6.45, 7) is 7.28. The summed E-state index contributed by atoms with van der Waals surface area (Å²) < 4.78 is 0. The van der Waals surface area contributed by atoms with E-state index < -0.39 is 0 Å². The van der Waals surface area contributed by atoms with Crippen LogP contribution in [0.4, 0.5) is 0 Å². The first-order valence-corrected chi connectivity index (χ1v) is 8.21. The fraction of sp³-hybridized carbons (Fsp3) is 0.647. The fourth-order valence-corrected chi connectivity index (χ4v) is 5.57. The van der Waals surface area contributed by atoms with Crippen LogP contribution in [0.2, 0.25) is 0 Å². The van der Waals surface area contributed by atoms with Gasteiger partial charge in [0.25, 0.3) is 0 Å². The molecule has 1 heterocycles. The van der Waals surface area contributed by atoms with Crippen molar-refractivity contribution in [3.63, 3.8) is 0 Å². The van der Waals surface area contributed by atoms with Gasteiger partial charge in [0, 0.05) is 10.1 Å². The van der Waals surface area contributed by atoms with Gasteiger partial charge in [-0.15, -0.1) is 11.8 Å². The van der Waals surface area contributed by atoms with E-state index in [-0.39, 0.29) is 0 Å². The van der Waals surface area contributed by atoms with Crippen molar-refractivity contribution >= 4 is 11.8 Å². The number of fused-ring (bicyclic) bond motifs is 2. The van der Waals surface area contributed by atoms with E-state index in [1.807, 2.05) is 0 Å². The average molecular weight is 260 g/mol. The van der Waals surface area contributed by atoms with Crippen LogP contribution in [0.1, 0.15) is 57.9 Å². The van der Waals surface area contributed by atoms with Crippen LogP contribution in [0, 0.1) is 11.3 Å². The molecule has 1 aliphatic carbocycles. The van der Waals surface area contributed by atoms with Crippen molar-refractivity contribution in [2.75, 3.05) is 0 Å². The predicted octanol–water partition coefficient (Wildman–Crippen LogP) is 5.48. The molecule has 1 heteroatoms. The number of hydrogen-bond acceptors (Lipinski definition) is 1. The van der Waals surface area contributed by atoms with Gasteiger partial charge in [0.2, 0.25) is 0 Å². The summed E-state index contributed by atoms with van der Waals surface area (Å²) in [5, 5.41) is 0.873. The highest BCUT2D eigenvalue weighted by Crippen LogP contribution is 2.56. The molecule has 1 fully saturated rings. The minimum atomic E-state index is 0.386. The zero-order chi connectivity index (χ0) is 12.8. The Bertz CT molecular complexity index is 429. The van der Waals surface area contributed by atoms with Gasteiger partial charge < -0.3 is 0 Å². The van der Waals surface area contributed by atoms with Crippen molar-refractivity contribution in [2.45, 2.75) is 62.5 Å². The molecule has 0 amide bonds. The van der Waals surface area contributed by atoms with Gasteiger partial charge in [-0.3, -0.25) is 0 Å². The van der Waals surface area contributed by atoms with E-state index in [1.54, 1.807) is 10.5 Å². The molecule has 0 N–H and O–H groups in total. The molecule has 0 nitrogen and oxygen atoms in total. The van der Waals surface area contributed by atoms with Gasteiger partial charge >= 0.3 is 0 Å². The number of thioether (sulfide) groups is 1. The highest BCUT2D eigenvalue weighted by atomic mass is 32.2. The summed E-state index contributed by atoms with van der Waals surface area (Å²) in [5.74, 6) is 1.65. The van der Waals surface area contributed by atoms with Crippen LogP contribution in [0.25, 0.3) is 0 Å². The first kappa shape index (κ1) is 12.6. The van der Waals surface area contributed by atoms with E-state index in [1.165, 1.54) is 25.7 Å². The molecule has 0 radical (unpaired) electrons. The van der Waals surface area contributed by atoms with E-state index >= 15 is 0 Å². The van der Waals surface area contributed by atoms with Crippen molar-refractivity contribution < 1.29 is 0 Å². The zero-order valence-corrected chi connectivity index (χ0v) is 12.6. The lowest BCUT2D eigenvalue weighted by atomic mass is 9.65. The number of hydrogen-bond donors (Lipinski definition) is 0. The standard InChI is InChI=1S/C17H24S/c1-17(2,3)16-12-8-4-6-10-14(12)18-15-11-7-5-9-13(15)16/h4,6,8,10,13,15-16H,5,7,9,11H2,1-3H3. The molecule has 0 bridgehead atoms. The van der Waals surface area contributed by atoms with E-state index in [0.29, 0.717) is 5.41 Å². The highest BCUT2D eigenvalue weighted by Gasteiger charge is 2.43. The lowest BCUT2D eigenvalue weighted by Gasteiger charge is -2.47. The minimum absolute atomic E-state index is 0.386. The Kier molecular flexibility index (Phi) is 3.21. The van der Waals surface area contributed by atoms with Crippen molar-refractivity contribution in [3.8, 4) is 0 Å². The second-order valence-corrected chi connectivity index (χ2v) is 8.27. The van der Waals surface area contributed by atoms with E-state index in [0.717, 1.165) is 17.1 Å². The SMILES string of the molecule is CC(C)(C)C1c2ccccc2SC2CCCCC21. The van der Waals surface area contributed by atoms with Gasteiger partial charge in [0.15, 0.2) is 0 Å². The molecule has 3 atom stereocenters. The van der Waals surface area contributed by atoms with E-state index in [4.69, 9.17) is 0 Å². The topological polar surface area (TPSA) is 0 Å². The van der Waals surface area contributed by atoms with Crippen molar-refractivity contribution in [3.05, 3.63) is 29.8 Å². The summed E-state index contributed by atoms with van der Waals surface area (Å²) in [5.41, 5.74) is 2.01. The molecule has 1 aliphatic heterocycles. The Hall–Kier alpha value is -0.430. The molecule has 18 heavy (non-hydrogen) atoms. The Labute approximate surface area is 116 Å². The Morgan fingerprint density at radius 1 is 1.06 bits per heavy atom. The number of rotatable bonds is 0. The molecule has 1 aromatic carbocycles. The van der Waals surface area contributed by atoms with Crippen molar-refractivity contribution in [1.82, 2.24) is 0 Å². The maximum atomic E-state index is 2.43. The second kappa shape index (κ2) is 4.59. The first-order valence-electron chi connectivity index (χ1n) is 7.33. The summed E-state index contributed by atoms with van der Waals surface area (Å²) in [7, 11) is 0. The maximum absolute atomic E-state index is 2.43. The van der Waals surface area contributed by atoms with Crippen LogP contribution in [0.15, 0.2) is 29.2 Å². The highest BCUT2D eigenvalue weighted by molar-refractivity contribution is 8.00. The smallest absolute Gasteiger partial charge is 0.0129 e. The lowest BCUT2D eigenvalue weighted by molar-refractivity contribution is 0.190. The van der Waals surface area contributed by atoms with Crippen LogP contribution in [0.3, 0.4) is 0 Å². The monoisotopic (exact) mass is 260 g/mol. The van der Waals surface area contributed by atoms with Gasteiger partial charge in [-0.25, -0.2) is 0 Å². The third kappa shape index (κ3) is 2.11. The minimum Gasteiger partial charge on any atom is -0.122 e. The van der Waals surface area contributed by atoms with Crippen molar-refractivity contribution in [2.24, 2.45) is 11.3 Å². The molecule has 3 unspecified atom stereocenters. The molecule has 0 spiro atoms. The van der Waals surface area contributed by atoms with Crippen LogP contribution in [-0.4, -0.2) is 5.25 Å². The lowest BCUT2D eigenvalue weighted by Crippen LogP contribution is -2.37. The average Bonchev–Trinajstić information content (AvgIpc) is 2.34. The Balaban J connectivity index is 2.06. The molecular weight excluding hydrogens is 236 g/mol. The molecule has 2 aliphatic rings. The Morgan fingerprint density at radius 3 is 2.56 bits per heavy atom.